The fraction of sp³-hybridized carbons (Fsp3) is 0.211. The lowest BCUT2D eigenvalue weighted by molar-refractivity contribution is -0.138. The summed E-state index contributed by atoms with van der Waals surface area (Å²) in [6, 6.07) is 17.0. The number of ether oxygens (including phenoxy) is 2. The lowest BCUT2D eigenvalue weighted by Crippen LogP contribution is -2.43. The van der Waals surface area contributed by atoms with Crippen LogP contribution in [0.5, 0.6) is 11.5 Å². The minimum atomic E-state index is -1.19. The summed E-state index contributed by atoms with van der Waals surface area (Å²) in [4.78, 5) is 35.6. The lowest BCUT2D eigenvalue weighted by atomic mass is 10.0. The van der Waals surface area contributed by atoms with Gasteiger partial charge in [0.15, 0.2) is 12.2 Å². The largest absolute Gasteiger partial charge is 0.482 e. The minimum absolute atomic E-state index is 0.346. The third-order valence-electron chi connectivity index (χ3n) is 3.45. The van der Waals surface area contributed by atoms with Crippen molar-refractivity contribution in [3.05, 3.63) is 60.7 Å². The number of carbonyl (C=O) groups is 3. The van der Waals surface area contributed by atoms with E-state index in [4.69, 9.17) is 20.9 Å². The zero-order valence-corrected chi connectivity index (χ0v) is 14.0. The van der Waals surface area contributed by atoms with Crippen LogP contribution in [0.1, 0.15) is 12.8 Å². The predicted molar refractivity (Wildman–Crippen MR) is 94.3 cm³/mol. The average Bonchev–Trinajstić information content (AvgIpc) is 2.61. The first kappa shape index (κ1) is 19.0. The number of benzene rings is 2. The molecule has 0 saturated carbocycles. The quantitative estimate of drug-likeness (QED) is 0.662. The van der Waals surface area contributed by atoms with E-state index in [1.54, 1.807) is 60.7 Å². The summed E-state index contributed by atoms with van der Waals surface area (Å²) in [6.07, 6.45) is -3.08. The topological polar surface area (TPSA) is 122 Å². The van der Waals surface area contributed by atoms with Gasteiger partial charge in [0.2, 0.25) is 17.6 Å². The molecule has 0 heterocycles. The maximum atomic E-state index is 12.9. The number of carbonyl (C=O) groups excluding carboxylic acids is 3. The molecule has 0 aliphatic carbocycles. The summed E-state index contributed by atoms with van der Waals surface area (Å²) in [7, 11) is 0. The molecule has 2 atom stereocenters. The van der Waals surface area contributed by atoms with Gasteiger partial charge in [-0.2, -0.15) is 0 Å². The van der Waals surface area contributed by atoms with E-state index >= 15 is 0 Å². The second-order valence-corrected chi connectivity index (χ2v) is 5.58. The number of ketones is 1. The molecule has 7 heteroatoms. The lowest BCUT2D eigenvalue weighted by Gasteiger charge is -2.23. The zero-order chi connectivity index (χ0) is 18.9. The molecule has 0 spiro atoms. The summed E-state index contributed by atoms with van der Waals surface area (Å²) in [5.41, 5.74) is 10.5. The van der Waals surface area contributed by atoms with Crippen molar-refractivity contribution in [2.75, 3.05) is 0 Å². The molecule has 2 unspecified atom stereocenters. The third-order valence-corrected chi connectivity index (χ3v) is 3.45. The first-order valence-corrected chi connectivity index (χ1v) is 7.99. The molecule has 2 rings (SSSR count). The van der Waals surface area contributed by atoms with Gasteiger partial charge >= 0.3 is 0 Å². The molecule has 0 aliphatic heterocycles. The van der Waals surface area contributed by atoms with Gasteiger partial charge in [-0.1, -0.05) is 36.4 Å². The summed E-state index contributed by atoms with van der Waals surface area (Å²) >= 11 is 0. The van der Waals surface area contributed by atoms with Crippen LogP contribution in [0, 0.1) is 0 Å². The van der Waals surface area contributed by atoms with Crippen molar-refractivity contribution in [3.63, 3.8) is 0 Å². The number of para-hydroxylation sites is 2. The Hall–Kier alpha value is -3.35. The molecule has 26 heavy (non-hydrogen) atoms. The van der Waals surface area contributed by atoms with E-state index in [1.165, 1.54) is 0 Å². The van der Waals surface area contributed by atoms with E-state index in [0.29, 0.717) is 11.5 Å². The van der Waals surface area contributed by atoms with Crippen molar-refractivity contribution in [2.45, 2.75) is 25.0 Å². The van der Waals surface area contributed by atoms with Gasteiger partial charge in [0.1, 0.15) is 11.5 Å². The van der Waals surface area contributed by atoms with E-state index in [2.05, 4.69) is 0 Å². The number of nitrogens with two attached hydrogens (primary N) is 2. The van der Waals surface area contributed by atoms with Gasteiger partial charge < -0.3 is 20.9 Å². The van der Waals surface area contributed by atoms with Gasteiger partial charge in [-0.3, -0.25) is 14.4 Å². The van der Waals surface area contributed by atoms with Crippen LogP contribution in [0.3, 0.4) is 0 Å². The molecule has 0 saturated heterocycles. The van der Waals surface area contributed by atoms with Crippen molar-refractivity contribution in [2.24, 2.45) is 11.5 Å². The first-order chi connectivity index (χ1) is 12.5. The van der Waals surface area contributed by atoms with Crippen LogP contribution in [-0.4, -0.2) is 29.8 Å². The van der Waals surface area contributed by atoms with Gasteiger partial charge in [0.25, 0.3) is 0 Å². The van der Waals surface area contributed by atoms with Crippen LogP contribution in [0.2, 0.25) is 0 Å². The normalized spacial score (nSPS) is 12.6. The SMILES string of the molecule is NC(=O)CC(Oc1ccccc1)C(=O)C(CC(N)=O)Oc1ccccc1. The Morgan fingerprint density at radius 1 is 0.692 bits per heavy atom. The summed E-state index contributed by atoms with van der Waals surface area (Å²) in [5, 5.41) is 0. The fourth-order valence-electron chi connectivity index (χ4n) is 2.30. The Morgan fingerprint density at radius 2 is 1.04 bits per heavy atom. The number of hydrogen-bond donors (Lipinski definition) is 2. The van der Waals surface area contributed by atoms with Crippen molar-refractivity contribution in [1.82, 2.24) is 0 Å². The van der Waals surface area contributed by atoms with Crippen LogP contribution < -0.4 is 20.9 Å². The van der Waals surface area contributed by atoms with E-state index in [9.17, 15) is 14.4 Å². The summed E-state index contributed by atoms with van der Waals surface area (Å²) in [6.45, 7) is 0. The van der Waals surface area contributed by atoms with Gasteiger partial charge in [-0.05, 0) is 24.3 Å². The molecule has 0 aliphatic rings. The predicted octanol–water partition coefficient (Wildman–Crippen LogP) is 1.20. The number of hydrogen-bond acceptors (Lipinski definition) is 5. The van der Waals surface area contributed by atoms with Gasteiger partial charge in [0, 0.05) is 0 Å². The van der Waals surface area contributed by atoms with Crippen molar-refractivity contribution < 1.29 is 23.9 Å². The second kappa shape index (κ2) is 9.22. The van der Waals surface area contributed by atoms with E-state index in [1.807, 2.05) is 0 Å². The molecule has 2 aromatic rings. The zero-order valence-electron chi connectivity index (χ0n) is 14.0. The number of rotatable bonds is 10. The van der Waals surface area contributed by atoms with Crippen molar-refractivity contribution in [3.8, 4) is 11.5 Å². The Morgan fingerprint density at radius 3 is 1.35 bits per heavy atom. The molecule has 2 amide bonds. The van der Waals surface area contributed by atoms with E-state index < -0.39 is 29.8 Å². The molecule has 0 radical (unpaired) electrons. The Labute approximate surface area is 150 Å². The highest BCUT2D eigenvalue weighted by molar-refractivity contribution is 5.94. The molecule has 136 valence electrons. The Kier molecular flexibility index (Phi) is 6.73. The molecule has 7 nitrogen and oxygen atoms in total. The maximum absolute atomic E-state index is 12.9. The first-order valence-electron chi connectivity index (χ1n) is 7.99. The Bertz CT molecular complexity index is 686. The molecule has 0 aromatic heterocycles. The van der Waals surface area contributed by atoms with Gasteiger partial charge in [-0.15, -0.1) is 0 Å². The molecule has 0 fully saturated rings. The highest BCUT2D eigenvalue weighted by atomic mass is 16.5. The minimum Gasteiger partial charge on any atom is -0.482 e. The highest BCUT2D eigenvalue weighted by Gasteiger charge is 2.32. The van der Waals surface area contributed by atoms with Crippen molar-refractivity contribution >= 4 is 17.6 Å². The highest BCUT2D eigenvalue weighted by Crippen LogP contribution is 2.18. The molecular weight excluding hydrogens is 336 g/mol. The van der Waals surface area contributed by atoms with Crippen LogP contribution >= 0.6 is 0 Å². The van der Waals surface area contributed by atoms with E-state index in [-0.39, 0.29) is 12.8 Å². The maximum Gasteiger partial charge on any atom is 0.221 e. The Balaban J connectivity index is 2.22. The molecule has 2 aromatic carbocycles. The van der Waals surface area contributed by atoms with E-state index in [0.717, 1.165) is 0 Å². The van der Waals surface area contributed by atoms with Crippen LogP contribution in [0.25, 0.3) is 0 Å². The van der Waals surface area contributed by atoms with Gasteiger partial charge in [0.05, 0.1) is 12.8 Å². The standard InChI is InChI=1S/C19H20N2O5/c20-17(22)11-15(25-13-7-3-1-4-8-13)19(24)16(12-18(21)23)26-14-9-5-2-6-10-14/h1-10,15-16H,11-12H2,(H2,20,22)(H2,21,23). The second-order valence-electron chi connectivity index (χ2n) is 5.58. The van der Waals surface area contributed by atoms with Gasteiger partial charge in [-0.25, -0.2) is 0 Å². The molecule has 4 N–H and O–H groups in total. The number of primary amides is 2. The third kappa shape index (κ3) is 5.94. The van der Waals surface area contributed by atoms with Crippen LogP contribution in [0.15, 0.2) is 60.7 Å². The smallest absolute Gasteiger partial charge is 0.221 e. The molecule has 0 bridgehead atoms. The molecular formula is C19H20N2O5. The van der Waals surface area contributed by atoms with Crippen LogP contribution in [-0.2, 0) is 14.4 Å². The summed E-state index contributed by atoms with van der Waals surface area (Å²) < 4.78 is 11.2. The number of Topliss-reactive ketones (excluding diaryl/α,β-unsaturated/α-hetero) is 1. The van der Waals surface area contributed by atoms with Crippen molar-refractivity contribution in [1.29, 1.82) is 0 Å². The monoisotopic (exact) mass is 356 g/mol. The number of amides is 2. The fourth-order valence-corrected chi connectivity index (χ4v) is 2.30. The summed E-state index contributed by atoms with van der Waals surface area (Å²) in [5.74, 6) is -1.22. The average molecular weight is 356 g/mol. The van der Waals surface area contributed by atoms with Crippen LogP contribution in [0.4, 0.5) is 0 Å².